The van der Waals surface area contributed by atoms with Crippen LogP contribution in [-0.4, -0.2) is 4.98 Å². The highest BCUT2D eigenvalue weighted by molar-refractivity contribution is 5.91. The molecular formula is C17H14FN. The summed E-state index contributed by atoms with van der Waals surface area (Å²) in [5.74, 6) is -0.223. The Kier molecular flexibility index (Phi) is 2.79. The molecule has 1 aromatic heterocycles. The number of hydrogen-bond acceptors (Lipinski definition) is 1. The fraction of sp³-hybridized carbons (Fsp3) is 0.118. The Balaban J connectivity index is 2.30. The van der Waals surface area contributed by atoms with Crippen molar-refractivity contribution in [1.82, 2.24) is 4.98 Å². The molecule has 0 amide bonds. The van der Waals surface area contributed by atoms with E-state index in [0.29, 0.717) is 0 Å². The molecule has 0 aliphatic carbocycles. The molecule has 0 saturated carbocycles. The fourth-order valence-electron chi connectivity index (χ4n) is 2.45. The second kappa shape index (κ2) is 4.47. The zero-order valence-electron chi connectivity index (χ0n) is 10.9. The van der Waals surface area contributed by atoms with Gasteiger partial charge in [0.25, 0.3) is 0 Å². The summed E-state index contributed by atoms with van der Waals surface area (Å²) < 4.78 is 13.0. The SMILES string of the molecule is Cc1nc(-c2ccc(F)cc2)c(C)c2ccccc12. The first-order valence-corrected chi connectivity index (χ1v) is 6.28. The van der Waals surface area contributed by atoms with Crippen molar-refractivity contribution in [3.63, 3.8) is 0 Å². The lowest BCUT2D eigenvalue weighted by molar-refractivity contribution is 0.628. The van der Waals surface area contributed by atoms with Gasteiger partial charge in [-0.25, -0.2) is 4.39 Å². The highest BCUT2D eigenvalue weighted by atomic mass is 19.1. The number of aryl methyl sites for hydroxylation is 2. The van der Waals surface area contributed by atoms with Crippen LogP contribution in [0.25, 0.3) is 22.0 Å². The Morgan fingerprint density at radius 2 is 1.47 bits per heavy atom. The van der Waals surface area contributed by atoms with E-state index < -0.39 is 0 Å². The molecule has 3 rings (SSSR count). The van der Waals surface area contributed by atoms with Gasteiger partial charge in [-0.15, -0.1) is 0 Å². The first-order valence-electron chi connectivity index (χ1n) is 6.28. The zero-order valence-corrected chi connectivity index (χ0v) is 10.9. The van der Waals surface area contributed by atoms with E-state index in [1.54, 1.807) is 12.1 Å². The smallest absolute Gasteiger partial charge is 0.123 e. The second-order valence-electron chi connectivity index (χ2n) is 4.72. The van der Waals surface area contributed by atoms with Crippen LogP contribution in [0, 0.1) is 19.7 Å². The van der Waals surface area contributed by atoms with Gasteiger partial charge in [-0.2, -0.15) is 0 Å². The lowest BCUT2D eigenvalue weighted by atomic mass is 9.99. The monoisotopic (exact) mass is 251 g/mol. The summed E-state index contributed by atoms with van der Waals surface area (Å²) in [6.07, 6.45) is 0. The number of halogens is 1. The molecule has 0 fully saturated rings. The molecule has 1 nitrogen and oxygen atoms in total. The second-order valence-corrected chi connectivity index (χ2v) is 4.72. The molecule has 19 heavy (non-hydrogen) atoms. The number of nitrogens with zero attached hydrogens (tertiary/aromatic N) is 1. The van der Waals surface area contributed by atoms with Crippen LogP contribution < -0.4 is 0 Å². The summed E-state index contributed by atoms with van der Waals surface area (Å²) in [5, 5.41) is 2.38. The molecule has 2 heteroatoms. The van der Waals surface area contributed by atoms with E-state index >= 15 is 0 Å². The van der Waals surface area contributed by atoms with Crippen LogP contribution in [0.3, 0.4) is 0 Å². The van der Waals surface area contributed by atoms with Crippen LogP contribution in [-0.2, 0) is 0 Å². The first-order chi connectivity index (χ1) is 9.16. The number of hydrogen-bond donors (Lipinski definition) is 0. The van der Waals surface area contributed by atoms with Gasteiger partial charge >= 0.3 is 0 Å². The maximum Gasteiger partial charge on any atom is 0.123 e. The van der Waals surface area contributed by atoms with Crippen molar-refractivity contribution in [3.8, 4) is 11.3 Å². The van der Waals surface area contributed by atoms with Gasteiger partial charge in [-0.05, 0) is 49.1 Å². The highest BCUT2D eigenvalue weighted by Gasteiger charge is 2.09. The number of benzene rings is 2. The fourth-order valence-corrected chi connectivity index (χ4v) is 2.45. The maximum absolute atomic E-state index is 13.0. The number of pyridine rings is 1. The Bertz CT molecular complexity index is 745. The summed E-state index contributed by atoms with van der Waals surface area (Å²) in [7, 11) is 0. The average Bonchev–Trinajstić information content (AvgIpc) is 2.44. The molecule has 0 saturated heterocycles. The molecule has 94 valence electrons. The molecule has 0 radical (unpaired) electrons. The van der Waals surface area contributed by atoms with Crippen molar-refractivity contribution in [2.45, 2.75) is 13.8 Å². The average molecular weight is 251 g/mol. The van der Waals surface area contributed by atoms with Crippen molar-refractivity contribution in [3.05, 3.63) is 65.6 Å². The van der Waals surface area contributed by atoms with Crippen molar-refractivity contribution >= 4 is 10.8 Å². The molecule has 0 aliphatic rings. The Labute approximate surface area is 111 Å². The molecule has 2 aromatic carbocycles. The quantitative estimate of drug-likeness (QED) is 0.613. The normalized spacial score (nSPS) is 10.9. The van der Waals surface area contributed by atoms with E-state index in [2.05, 4.69) is 24.0 Å². The van der Waals surface area contributed by atoms with Gasteiger partial charge in [0, 0.05) is 16.6 Å². The predicted molar refractivity (Wildman–Crippen MR) is 76.6 cm³/mol. The third kappa shape index (κ3) is 1.99. The third-order valence-electron chi connectivity index (χ3n) is 3.47. The first kappa shape index (κ1) is 11.8. The largest absolute Gasteiger partial charge is 0.252 e. The number of rotatable bonds is 1. The summed E-state index contributed by atoms with van der Waals surface area (Å²) in [6.45, 7) is 4.07. The van der Waals surface area contributed by atoms with Crippen molar-refractivity contribution in [2.75, 3.05) is 0 Å². The van der Waals surface area contributed by atoms with Gasteiger partial charge in [-0.1, -0.05) is 24.3 Å². The van der Waals surface area contributed by atoms with Gasteiger partial charge < -0.3 is 0 Å². The Hall–Kier alpha value is -2.22. The number of fused-ring (bicyclic) bond motifs is 1. The molecule has 0 aliphatic heterocycles. The van der Waals surface area contributed by atoms with Gasteiger partial charge in [0.05, 0.1) is 5.69 Å². The van der Waals surface area contributed by atoms with Crippen LogP contribution in [0.4, 0.5) is 4.39 Å². The van der Waals surface area contributed by atoms with E-state index in [4.69, 9.17) is 0 Å². The zero-order chi connectivity index (χ0) is 13.4. The minimum Gasteiger partial charge on any atom is -0.252 e. The molecule has 0 bridgehead atoms. The molecule has 0 unspecified atom stereocenters. The van der Waals surface area contributed by atoms with Crippen molar-refractivity contribution in [2.24, 2.45) is 0 Å². The maximum atomic E-state index is 13.0. The topological polar surface area (TPSA) is 12.9 Å². The van der Waals surface area contributed by atoms with Crippen LogP contribution >= 0.6 is 0 Å². The van der Waals surface area contributed by atoms with E-state index in [0.717, 1.165) is 22.5 Å². The summed E-state index contributed by atoms with van der Waals surface area (Å²) in [4.78, 5) is 4.68. The molecular weight excluding hydrogens is 237 g/mol. The molecule has 3 aromatic rings. The van der Waals surface area contributed by atoms with Crippen LogP contribution in [0.5, 0.6) is 0 Å². The minimum atomic E-state index is -0.223. The Morgan fingerprint density at radius 3 is 2.16 bits per heavy atom. The molecule has 0 spiro atoms. The lowest BCUT2D eigenvalue weighted by Crippen LogP contribution is -1.94. The van der Waals surface area contributed by atoms with Crippen molar-refractivity contribution < 1.29 is 4.39 Å². The van der Waals surface area contributed by atoms with Gasteiger partial charge in [-0.3, -0.25) is 4.98 Å². The predicted octanol–water partition coefficient (Wildman–Crippen LogP) is 4.66. The van der Waals surface area contributed by atoms with E-state index in [1.807, 2.05) is 19.1 Å². The van der Waals surface area contributed by atoms with E-state index in [1.165, 1.54) is 22.9 Å². The molecule has 0 atom stereocenters. The summed E-state index contributed by atoms with van der Waals surface area (Å²) >= 11 is 0. The van der Waals surface area contributed by atoms with Gasteiger partial charge in [0.15, 0.2) is 0 Å². The standard InChI is InChI=1S/C17H14FN/c1-11-15-5-3-4-6-16(15)12(2)19-17(11)13-7-9-14(18)10-8-13/h3-10H,1-2H3. The summed E-state index contributed by atoms with van der Waals surface area (Å²) in [5.41, 5.74) is 4.01. The summed E-state index contributed by atoms with van der Waals surface area (Å²) in [6, 6.07) is 14.7. The van der Waals surface area contributed by atoms with Crippen LogP contribution in [0.2, 0.25) is 0 Å². The third-order valence-corrected chi connectivity index (χ3v) is 3.47. The van der Waals surface area contributed by atoms with E-state index in [9.17, 15) is 4.39 Å². The minimum absolute atomic E-state index is 0.223. The van der Waals surface area contributed by atoms with Gasteiger partial charge in [0.1, 0.15) is 5.82 Å². The molecule has 1 heterocycles. The number of aromatic nitrogens is 1. The molecule has 0 N–H and O–H groups in total. The van der Waals surface area contributed by atoms with Crippen LogP contribution in [0.15, 0.2) is 48.5 Å². The van der Waals surface area contributed by atoms with Crippen molar-refractivity contribution in [1.29, 1.82) is 0 Å². The lowest BCUT2D eigenvalue weighted by Gasteiger charge is -2.11. The Morgan fingerprint density at radius 1 is 0.842 bits per heavy atom. The van der Waals surface area contributed by atoms with E-state index in [-0.39, 0.29) is 5.82 Å². The van der Waals surface area contributed by atoms with Gasteiger partial charge in [0.2, 0.25) is 0 Å². The highest BCUT2D eigenvalue weighted by Crippen LogP contribution is 2.29. The van der Waals surface area contributed by atoms with Crippen LogP contribution in [0.1, 0.15) is 11.3 Å².